The number of amides is 4. The maximum Gasteiger partial charge on any atom is 0.407 e. The van der Waals surface area contributed by atoms with Gasteiger partial charge in [0.05, 0.1) is 50.1 Å². The number of aromatic amines is 2. The fourth-order valence-electron chi connectivity index (χ4n) is 13.2. The van der Waals surface area contributed by atoms with Crippen LogP contribution in [0.1, 0.15) is 150 Å². The van der Waals surface area contributed by atoms with Crippen molar-refractivity contribution >= 4 is 24.0 Å². The maximum absolute atomic E-state index is 16.1. The Kier molecular flexibility index (Phi) is 12.6. The minimum absolute atomic E-state index is 0.122. The molecule has 4 amide bonds. The first-order valence-corrected chi connectivity index (χ1v) is 25.3. The van der Waals surface area contributed by atoms with Crippen molar-refractivity contribution in [3.63, 3.8) is 0 Å². The molecule has 4 aromatic rings. The lowest BCUT2D eigenvalue weighted by Crippen LogP contribution is -2.51. The minimum Gasteiger partial charge on any atom is -0.453 e. The van der Waals surface area contributed by atoms with Crippen molar-refractivity contribution in [1.29, 1.82) is 0 Å². The third-order valence-electron chi connectivity index (χ3n) is 16.9. The molecular formula is C53H66F2N8O6. The fourth-order valence-corrected chi connectivity index (χ4v) is 13.2. The van der Waals surface area contributed by atoms with Crippen LogP contribution in [0.15, 0.2) is 36.7 Å². The molecule has 2 bridgehead atoms. The van der Waals surface area contributed by atoms with Crippen molar-refractivity contribution in [3.05, 3.63) is 70.6 Å². The quantitative estimate of drug-likeness (QED) is 0.109. The van der Waals surface area contributed by atoms with E-state index in [1.807, 2.05) is 44.9 Å². The number of methoxy groups -OCH3 is 2. The normalized spacial score (nSPS) is 25.5. The summed E-state index contributed by atoms with van der Waals surface area (Å²) in [4.78, 5) is 73.0. The van der Waals surface area contributed by atoms with Gasteiger partial charge in [0.2, 0.25) is 11.8 Å². The van der Waals surface area contributed by atoms with Crippen LogP contribution >= 0.6 is 0 Å². The summed E-state index contributed by atoms with van der Waals surface area (Å²) >= 11 is 0. The third kappa shape index (κ3) is 8.06. The Bertz CT molecular complexity index is 2640. The van der Waals surface area contributed by atoms with E-state index in [9.17, 15) is 19.2 Å². The maximum atomic E-state index is 16.1. The number of hydrogen-bond acceptors (Lipinski definition) is 8. The second kappa shape index (κ2) is 18.5. The summed E-state index contributed by atoms with van der Waals surface area (Å²) < 4.78 is 41.9. The number of aromatic nitrogens is 4. The van der Waals surface area contributed by atoms with Crippen molar-refractivity contribution in [2.24, 2.45) is 17.3 Å². The van der Waals surface area contributed by atoms with Gasteiger partial charge in [0.25, 0.3) is 0 Å². The lowest BCUT2D eigenvalue weighted by Gasteiger charge is -2.30. The number of hydrogen-bond donors (Lipinski definition) is 4. The summed E-state index contributed by atoms with van der Waals surface area (Å²) in [6, 6.07) is 6.38. The highest BCUT2D eigenvalue weighted by Crippen LogP contribution is 2.61. The largest absolute Gasteiger partial charge is 0.453 e. The molecule has 0 radical (unpaired) electrons. The van der Waals surface area contributed by atoms with Crippen molar-refractivity contribution in [3.8, 4) is 33.6 Å². The van der Waals surface area contributed by atoms with Gasteiger partial charge < -0.3 is 39.9 Å². The van der Waals surface area contributed by atoms with Crippen molar-refractivity contribution in [2.75, 3.05) is 27.3 Å². The molecule has 2 saturated carbocycles. The molecule has 368 valence electrons. The highest BCUT2D eigenvalue weighted by atomic mass is 19.2. The summed E-state index contributed by atoms with van der Waals surface area (Å²) in [5.41, 5.74) is 9.87. The number of ether oxygens (including phenoxy) is 2. The molecule has 9 unspecified atom stereocenters. The number of rotatable bonds is 12. The lowest BCUT2D eigenvalue weighted by molar-refractivity contribution is -0.136. The second-order valence-corrected chi connectivity index (χ2v) is 21.1. The molecule has 10 rings (SSSR count). The zero-order valence-electron chi connectivity index (χ0n) is 40.6. The van der Waals surface area contributed by atoms with E-state index >= 15 is 8.78 Å². The van der Waals surface area contributed by atoms with Gasteiger partial charge >= 0.3 is 12.2 Å². The van der Waals surface area contributed by atoms with Crippen LogP contribution in [-0.2, 0) is 31.9 Å². The molecule has 1 spiro atoms. The van der Waals surface area contributed by atoms with Crippen LogP contribution in [-0.4, -0.2) is 105 Å². The van der Waals surface area contributed by atoms with E-state index in [0.717, 1.165) is 84.0 Å². The van der Waals surface area contributed by atoms with E-state index in [0.29, 0.717) is 49.7 Å². The standard InChI is InChI=1S/C53H66F2N8O6/c1-7-28(4)46(61-52(67)69-6)50(65)63-21-11-13-40(63)48-57-26-38(59-48)32-17-16-31(41-33-22-34(42(32)41)44(55)43(33)54)29-14-15-30(36-24-53(23-35(29)36)18-8-9-19-53)37-25-56-47(58-37)39-12-10-20-62(39)49(64)45(27(2)3)60-51(66)68-5/h14-17,25-28,33-34,39-40,43-46H,7-13,18-24H2,1-6H3,(H,56,58)(H,57,59)(H,60,66)(H,61,67). The fraction of sp³-hybridized carbons (Fsp3) is 0.585. The molecule has 4 heterocycles. The first kappa shape index (κ1) is 46.9. The van der Waals surface area contributed by atoms with Crippen LogP contribution in [0.25, 0.3) is 33.6 Å². The van der Waals surface area contributed by atoms with Crippen LogP contribution in [0, 0.1) is 17.3 Å². The number of fused-ring (bicyclic) bond motifs is 6. The molecule has 2 saturated heterocycles. The molecular weight excluding hydrogens is 883 g/mol. The summed E-state index contributed by atoms with van der Waals surface area (Å²) in [5.74, 6) is -0.457. The molecule has 6 aliphatic rings. The number of carbonyl (C=O) groups excluding carboxylic acids is 4. The Hall–Kier alpha value is -5.80. The average Bonchev–Trinajstić information content (AvgIpc) is 4.21. The number of likely N-dealkylation sites (tertiary alicyclic amines) is 2. The molecule has 16 heteroatoms. The van der Waals surface area contributed by atoms with E-state index in [1.54, 1.807) is 11.1 Å². The van der Waals surface area contributed by atoms with Gasteiger partial charge in [0, 0.05) is 36.1 Å². The molecule has 2 aromatic heterocycles. The van der Waals surface area contributed by atoms with Gasteiger partial charge in [0.15, 0.2) is 0 Å². The lowest BCUT2D eigenvalue weighted by atomic mass is 9.79. The number of alkyl halides is 2. The Morgan fingerprint density at radius 3 is 1.74 bits per heavy atom. The van der Waals surface area contributed by atoms with E-state index in [-0.39, 0.29) is 41.1 Å². The summed E-state index contributed by atoms with van der Waals surface area (Å²) in [6.45, 7) is 8.80. The van der Waals surface area contributed by atoms with Crippen molar-refractivity contribution < 1.29 is 37.4 Å². The monoisotopic (exact) mass is 949 g/mol. The van der Waals surface area contributed by atoms with E-state index in [1.165, 1.54) is 38.2 Å². The van der Waals surface area contributed by atoms with Crippen LogP contribution < -0.4 is 10.6 Å². The van der Waals surface area contributed by atoms with Crippen molar-refractivity contribution in [1.82, 2.24) is 40.4 Å². The average molecular weight is 949 g/mol. The number of alkyl carbamates (subject to hydrolysis) is 2. The molecule has 14 nitrogen and oxygen atoms in total. The molecule has 4 N–H and O–H groups in total. The smallest absolute Gasteiger partial charge is 0.407 e. The number of benzene rings is 2. The van der Waals surface area contributed by atoms with Crippen LogP contribution in [0.2, 0.25) is 0 Å². The van der Waals surface area contributed by atoms with Gasteiger partial charge in [-0.15, -0.1) is 0 Å². The molecule has 4 aliphatic carbocycles. The third-order valence-corrected chi connectivity index (χ3v) is 16.9. The zero-order chi connectivity index (χ0) is 48.5. The second-order valence-electron chi connectivity index (χ2n) is 21.1. The molecule has 4 fully saturated rings. The first-order chi connectivity index (χ1) is 33.3. The molecule has 2 aromatic carbocycles. The number of nitrogens with zero attached hydrogens (tertiary/aromatic N) is 4. The van der Waals surface area contributed by atoms with E-state index in [4.69, 9.17) is 19.4 Å². The Morgan fingerprint density at radius 2 is 1.19 bits per heavy atom. The molecule has 69 heavy (non-hydrogen) atoms. The highest BCUT2D eigenvalue weighted by molar-refractivity contribution is 5.88. The van der Waals surface area contributed by atoms with E-state index in [2.05, 4.69) is 38.8 Å². The van der Waals surface area contributed by atoms with Gasteiger partial charge in [-0.3, -0.25) is 9.59 Å². The van der Waals surface area contributed by atoms with Crippen LogP contribution in [0.4, 0.5) is 18.4 Å². The summed E-state index contributed by atoms with van der Waals surface area (Å²) in [6.07, 6.45) is 9.68. The summed E-state index contributed by atoms with van der Waals surface area (Å²) in [5, 5.41) is 5.49. The predicted octanol–water partition coefficient (Wildman–Crippen LogP) is 9.53. The van der Waals surface area contributed by atoms with Gasteiger partial charge in [-0.2, -0.15) is 0 Å². The van der Waals surface area contributed by atoms with Gasteiger partial charge in [-0.05, 0) is 108 Å². The SMILES string of the molecule is CCC(C)C(NC(=O)OC)C(=O)N1CCCC1c1ncc(-c2ccc(-c3ccc(-c4cnc(C5CCCN5C(=O)C(NC(=O)OC)C(C)C)[nH]4)c4c3CC3(CCCC3)C4)c3c2C2CC3C(F)C2F)[nH]1. The van der Waals surface area contributed by atoms with Crippen LogP contribution in [0.3, 0.4) is 0 Å². The summed E-state index contributed by atoms with van der Waals surface area (Å²) in [7, 11) is 2.57. The number of carbonyl (C=O) groups is 4. The van der Waals surface area contributed by atoms with Crippen molar-refractivity contribution in [2.45, 2.75) is 153 Å². The molecule has 9 atom stereocenters. The topological polar surface area (TPSA) is 175 Å². The Balaban J connectivity index is 0.990. The predicted molar refractivity (Wildman–Crippen MR) is 256 cm³/mol. The van der Waals surface area contributed by atoms with Crippen LogP contribution in [0.5, 0.6) is 0 Å². The minimum atomic E-state index is -1.61. The Morgan fingerprint density at radius 1 is 0.710 bits per heavy atom. The highest BCUT2D eigenvalue weighted by Gasteiger charge is 2.55. The zero-order valence-corrected chi connectivity index (χ0v) is 40.6. The van der Waals surface area contributed by atoms with Gasteiger partial charge in [-0.1, -0.05) is 71.2 Å². The number of nitrogens with one attached hydrogen (secondary N) is 4. The number of H-pyrrole nitrogens is 2. The Labute approximate surface area is 402 Å². The van der Waals surface area contributed by atoms with Gasteiger partial charge in [-0.25, -0.2) is 28.3 Å². The van der Waals surface area contributed by atoms with E-state index < -0.39 is 48.4 Å². The van der Waals surface area contributed by atoms with Gasteiger partial charge in [0.1, 0.15) is 36.1 Å². The first-order valence-electron chi connectivity index (χ1n) is 25.3. The number of imidazole rings is 2. The molecule has 2 aliphatic heterocycles. The number of halogens is 2.